The van der Waals surface area contributed by atoms with Gasteiger partial charge in [-0.3, -0.25) is 4.79 Å². The van der Waals surface area contributed by atoms with Gasteiger partial charge in [0.05, 0.1) is 0 Å². The first-order valence-electron chi connectivity index (χ1n) is 10.5. The Balaban J connectivity index is 0. The zero-order valence-electron chi connectivity index (χ0n) is 16.7. The lowest BCUT2D eigenvalue weighted by molar-refractivity contribution is -0.137. The van der Waals surface area contributed by atoms with Crippen LogP contribution in [0.25, 0.3) is 0 Å². The van der Waals surface area contributed by atoms with E-state index in [2.05, 4.69) is 20.4 Å². The van der Waals surface area contributed by atoms with Crippen molar-refractivity contribution in [2.24, 2.45) is 0 Å². The molecule has 0 aromatic carbocycles. The molecular weight excluding hydrogens is 296 g/mol. The molecule has 0 rings (SSSR count). The van der Waals surface area contributed by atoms with E-state index >= 15 is 0 Å². The van der Waals surface area contributed by atoms with Crippen LogP contribution >= 0.6 is 0 Å². The van der Waals surface area contributed by atoms with Crippen LogP contribution in [0.1, 0.15) is 123 Å². The second kappa shape index (κ2) is 24.5. The second-order valence-corrected chi connectivity index (χ2v) is 6.82. The third-order valence-electron chi connectivity index (χ3n) is 4.26. The maximum Gasteiger partial charge on any atom is 0.303 e. The van der Waals surface area contributed by atoms with E-state index in [4.69, 9.17) is 5.11 Å². The van der Waals surface area contributed by atoms with Gasteiger partial charge in [0.15, 0.2) is 0 Å². The summed E-state index contributed by atoms with van der Waals surface area (Å²) < 4.78 is 0. The van der Waals surface area contributed by atoms with Crippen LogP contribution in [0.4, 0.5) is 0 Å². The van der Waals surface area contributed by atoms with Gasteiger partial charge in [-0.05, 0) is 19.3 Å². The number of carbonyl (C=O) groups is 1. The monoisotopic (exact) mass is 340 g/mol. The average Bonchev–Trinajstić information content (AvgIpc) is 2.57. The molecule has 0 spiro atoms. The van der Waals surface area contributed by atoms with Gasteiger partial charge >= 0.3 is 5.97 Å². The molecule has 0 unspecified atom stereocenters. The normalized spacial score (nSPS) is 10.1. The minimum atomic E-state index is -0.670. The molecule has 0 bridgehead atoms. The number of rotatable bonds is 17. The van der Waals surface area contributed by atoms with Gasteiger partial charge < -0.3 is 5.11 Å². The van der Waals surface area contributed by atoms with E-state index in [0.717, 1.165) is 12.8 Å². The van der Waals surface area contributed by atoms with Crippen molar-refractivity contribution in [2.45, 2.75) is 123 Å². The van der Waals surface area contributed by atoms with Gasteiger partial charge in [0.25, 0.3) is 0 Å². The van der Waals surface area contributed by atoms with Crippen LogP contribution in [0, 0.1) is 0 Å². The molecule has 0 saturated carbocycles. The lowest BCUT2D eigenvalue weighted by atomic mass is 10.1. The van der Waals surface area contributed by atoms with Crippen LogP contribution in [0.15, 0.2) is 12.7 Å². The molecule has 0 radical (unpaired) electrons. The van der Waals surface area contributed by atoms with Crippen molar-refractivity contribution >= 4 is 5.97 Å². The molecule has 2 nitrogen and oxygen atoms in total. The predicted octanol–water partition coefficient (Wildman–Crippen LogP) is 7.91. The molecule has 144 valence electrons. The summed E-state index contributed by atoms with van der Waals surface area (Å²) in [5, 5.41) is 8.27. The number of carboxylic acids is 1. The first kappa shape index (κ1) is 25.5. The topological polar surface area (TPSA) is 37.3 Å². The van der Waals surface area contributed by atoms with E-state index in [1.165, 1.54) is 89.9 Å². The van der Waals surface area contributed by atoms with Crippen molar-refractivity contribution in [3.63, 3.8) is 0 Å². The van der Waals surface area contributed by atoms with Crippen LogP contribution in [0.5, 0.6) is 0 Å². The molecule has 0 aliphatic heterocycles. The second-order valence-electron chi connectivity index (χ2n) is 6.82. The van der Waals surface area contributed by atoms with Crippen LogP contribution < -0.4 is 0 Å². The number of carboxylic acid groups (broad SMARTS) is 1. The maximum atomic E-state index is 10.0. The number of unbranched alkanes of at least 4 members (excludes halogenated alkanes) is 14. The number of allylic oxidation sites excluding steroid dienone is 1. The SMILES string of the molecule is C=CCCCCCCCCCCCC.CCCCCCCC(=O)O. The van der Waals surface area contributed by atoms with Gasteiger partial charge in [-0.2, -0.15) is 0 Å². The largest absolute Gasteiger partial charge is 0.481 e. The highest BCUT2D eigenvalue weighted by Gasteiger charge is 1.94. The highest BCUT2D eigenvalue weighted by atomic mass is 16.4. The standard InChI is InChI=1S/C14H28.C8H16O2/c1-3-5-7-9-11-13-14-12-10-8-6-4-2;1-2-3-4-5-6-7-8(9)10/h3H,1,4-14H2,2H3;2-7H2,1H3,(H,9,10). The molecule has 1 N–H and O–H groups in total. The fourth-order valence-electron chi connectivity index (χ4n) is 2.66. The predicted molar refractivity (Wildman–Crippen MR) is 108 cm³/mol. The average molecular weight is 341 g/mol. The van der Waals surface area contributed by atoms with Crippen molar-refractivity contribution in [3.05, 3.63) is 12.7 Å². The molecule has 2 heteroatoms. The Labute approximate surface area is 152 Å². The van der Waals surface area contributed by atoms with E-state index in [1.807, 2.05) is 6.08 Å². The van der Waals surface area contributed by atoms with Crippen LogP contribution in [0.3, 0.4) is 0 Å². The zero-order valence-corrected chi connectivity index (χ0v) is 16.7. The fraction of sp³-hybridized carbons (Fsp3) is 0.864. The fourth-order valence-corrected chi connectivity index (χ4v) is 2.66. The van der Waals surface area contributed by atoms with Crippen molar-refractivity contribution in [1.29, 1.82) is 0 Å². The molecule has 0 aromatic rings. The van der Waals surface area contributed by atoms with Crippen LogP contribution in [-0.2, 0) is 4.79 Å². The summed E-state index contributed by atoms with van der Waals surface area (Å²) in [6, 6.07) is 0. The van der Waals surface area contributed by atoms with Crippen LogP contribution in [-0.4, -0.2) is 11.1 Å². The number of aliphatic carboxylic acids is 1. The minimum Gasteiger partial charge on any atom is -0.481 e. The molecule has 0 saturated heterocycles. The molecular formula is C22H44O2. The molecule has 0 aliphatic rings. The quantitative estimate of drug-likeness (QED) is 0.216. The number of hydrogen-bond donors (Lipinski definition) is 1. The Hall–Kier alpha value is -0.790. The third kappa shape index (κ3) is 29.2. The molecule has 0 fully saturated rings. The van der Waals surface area contributed by atoms with Gasteiger partial charge in [-0.25, -0.2) is 0 Å². The summed E-state index contributed by atoms with van der Waals surface area (Å²) in [6.07, 6.45) is 23.4. The van der Waals surface area contributed by atoms with Gasteiger partial charge in [0.1, 0.15) is 0 Å². The summed E-state index contributed by atoms with van der Waals surface area (Å²) in [7, 11) is 0. The Morgan fingerprint density at radius 2 is 1.08 bits per heavy atom. The Bertz CT molecular complexity index is 248. The van der Waals surface area contributed by atoms with Crippen LogP contribution in [0.2, 0.25) is 0 Å². The zero-order chi connectivity index (χ0) is 18.3. The Morgan fingerprint density at radius 1 is 0.708 bits per heavy atom. The summed E-state index contributed by atoms with van der Waals surface area (Å²) in [5.41, 5.74) is 0. The lowest BCUT2D eigenvalue weighted by Gasteiger charge is -2.00. The molecule has 24 heavy (non-hydrogen) atoms. The minimum absolute atomic E-state index is 0.337. The third-order valence-corrected chi connectivity index (χ3v) is 4.26. The van der Waals surface area contributed by atoms with Crippen molar-refractivity contribution in [3.8, 4) is 0 Å². The smallest absolute Gasteiger partial charge is 0.303 e. The summed E-state index contributed by atoms with van der Waals surface area (Å²) in [6.45, 7) is 8.16. The number of hydrogen-bond acceptors (Lipinski definition) is 1. The van der Waals surface area contributed by atoms with Crippen molar-refractivity contribution in [2.75, 3.05) is 0 Å². The molecule has 0 amide bonds. The van der Waals surface area contributed by atoms with E-state index in [0.29, 0.717) is 6.42 Å². The van der Waals surface area contributed by atoms with Gasteiger partial charge in [0, 0.05) is 6.42 Å². The maximum absolute atomic E-state index is 10.0. The molecule has 0 atom stereocenters. The van der Waals surface area contributed by atoms with E-state index in [9.17, 15) is 4.79 Å². The highest BCUT2D eigenvalue weighted by molar-refractivity contribution is 5.66. The molecule has 0 heterocycles. The molecule has 0 aliphatic carbocycles. The van der Waals surface area contributed by atoms with Gasteiger partial charge in [0.2, 0.25) is 0 Å². The Kier molecular flexibility index (Phi) is 25.9. The first-order chi connectivity index (χ1) is 11.7. The van der Waals surface area contributed by atoms with E-state index in [-0.39, 0.29) is 0 Å². The van der Waals surface area contributed by atoms with E-state index < -0.39 is 5.97 Å². The van der Waals surface area contributed by atoms with E-state index in [1.54, 1.807) is 0 Å². The highest BCUT2D eigenvalue weighted by Crippen LogP contribution is 2.11. The summed E-state index contributed by atoms with van der Waals surface area (Å²) in [5.74, 6) is -0.670. The Morgan fingerprint density at radius 3 is 1.46 bits per heavy atom. The first-order valence-corrected chi connectivity index (χ1v) is 10.5. The van der Waals surface area contributed by atoms with Crippen molar-refractivity contribution < 1.29 is 9.90 Å². The summed E-state index contributed by atoms with van der Waals surface area (Å²) in [4.78, 5) is 10.0. The summed E-state index contributed by atoms with van der Waals surface area (Å²) >= 11 is 0. The lowest BCUT2D eigenvalue weighted by Crippen LogP contribution is -1.93. The van der Waals surface area contributed by atoms with Crippen molar-refractivity contribution in [1.82, 2.24) is 0 Å². The van der Waals surface area contributed by atoms with Gasteiger partial charge in [-0.15, -0.1) is 6.58 Å². The van der Waals surface area contributed by atoms with Gasteiger partial charge in [-0.1, -0.05) is 103 Å². The molecule has 0 aromatic heterocycles.